The molecule has 0 unspecified atom stereocenters. The number of rotatable bonds is 3. The topological polar surface area (TPSA) is 38.7 Å². The fourth-order valence-corrected chi connectivity index (χ4v) is 3.42. The summed E-state index contributed by atoms with van der Waals surface area (Å²) in [5, 5.41) is 11.1. The van der Waals surface area contributed by atoms with Gasteiger partial charge >= 0.3 is 0 Å². The number of nitrogens with zero attached hydrogens (tertiary/aromatic N) is 3. The van der Waals surface area contributed by atoms with Crippen LogP contribution in [0.4, 0.5) is 0 Å². The van der Waals surface area contributed by atoms with Gasteiger partial charge in [-0.2, -0.15) is 0 Å². The third-order valence-corrected chi connectivity index (χ3v) is 4.34. The van der Waals surface area contributed by atoms with E-state index in [2.05, 4.69) is 22.1 Å². The predicted octanol–water partition coefficient (Wildman–Crippen LogP) is 2.71. The summed E-state index contributed by atoms with van der Waals surface area (Å²) in [5.41, 5.74) is 0. The molecule has 0 atom stereocenters. The number of thiazole rings is 1. The monoisotopic (exact) mass is 229 g/mol. The quantitative estimate of drug-likeness (QED) is 0.811. The molecule has 0 saturated heterocycles. The van der Waals surface area contributed by atoms with E-state index in [-0.39, 0.29) is 0 Å². The van der Waals surface area contributed by atoms with Crippen molar-refractivity contribution in [3.63, 3.8) is 0 Å². The molecule has 0 fully saturated rings. The Labute approximate surface area is 88.2 Å². The lowest BCUT2D eigenvalue weighted by molar-refractivity contribution is 0.943. The predicted molar refractivity (Wildman–Crippen MR) is 55.5 cm³/mol. The van der Waals surface area contributed by atoms with Gasteiger partial charge < -0.3 is 0 Å². The number of hydrogen-bond donors (Lipinski definition) is 0. The van der Waals surface area contributed by atoms with E-state index in [1.807, 2.05) is 5.38 Å². The van der Waals surface area contributed by atoms with Crippen LogP contribution in [-0.4, -0.2) is 15.2 Å². The molecule has 6 heteroatoms. The first-order valence-corrected chi connectivity index (χ1v) is 6.29. The zero-order chi connectivity index (χ0) is 9.10. The van der Waals surface area contributed by atoms with Crippen LogP contribution >= 0.6 is 34.4 Å². The van der Waals surface area contributed by atoms with Crippen LogP contribution in [0.2, 0.25) is 0 Å². The molecule has 2 heterocycles. The van der Waals surface area contributed by atoms with Crippen molar-refractivity contribution in [2.24, 2.45) is 0 Å². The van der Waals surface area contributed by atoms with Crippen LogP contribution in [0.5, 0.6) is 0 Å². The molecular formula is C7H7N3S3. The Kier molecular flexibility index (Phi) is 2.92. The van der Waals surface area contributed by atoms with Crippen molar-refractivity contribution < 1.29 is 0 Å². The Morgan fingerprint density at radius 1 is 1.38 bits per heavy atom. The van der Waals surface area contributed by atoms with Crippen LogP contribution in [-0.2, 0) is 6.42 Å². The Balaban J connectivity index is 2.10. The van der Waals surface area contributed by atoms with Gasteiger partial charge in [0, 0.05) is 11.6 Å². The van der Waals surface area contributed by atoms with Crippen molar-refractivity contribution in [2.75, 3.05) is 0 Å². The molecule has 0 bridgehead atoms. The third kappa shape index (κ3) is 2.26. The van der Waals surface area contributed by atoms with Gasteiger partial charge in [-0.05, 0) is 18.2 Å². The summed E-state index contributed by atoms with van der Waals surface area (Å²) >= 11 is 4.85. The molecule has 0 N–H and O–H groups in total. The minimum absolute atomic E-state index is 0.954. The highest BCUT2D eigenvalue weighted by Crippen LogP contribution is 2.31. The van der Waals surface area contributed by atoms with Gasteiger partial charge in [0.1, 0.15) is 5.01 Å². The first-order valence-electron chi connectivity index (χ1n) is 3.78. The molecule has 13 heavy (non-hydrogen) atoms. The molecule has 0 aliphatic carbocycles. The van der Waals surface area contributed by atoms with Gasteiger partial charge in [-0.15, -0.1) is 21.5 Å². The Hall–Kier alpha value is -0.460. The lowest BCUT2D eigenvalue weighted by Crippen LogP contribution is -1.75. The Morgan fingerprint density at radius 3 is 2.92 bits per heavy atom. The maximum Gasteiger partial charge on any atom is 0.181 e. The van der Waals surface area contributed by atoms with E-state index in [1.165, 1.54) is 0 Å². The van der Waals surface area contributed by atoms with Gasteiger partial charge in [0.15, 0.2) is 8.68 Å². The summed E-state index contributed by atoms with van der Waals surface area (Å²) in [5.74, 6) is 0. The van der Waals surface area contributed by atoms with E-state index in [0.29, 0.717) is 0 Å². The first-order chi connectivity index (χ1) is 6.38. The van der Waals surface area contributed by atoms with E-state index in [0.717, 1.165) is 20.1 Å². The normalized spacial score (nSPS) is 10.5. The molecule has 2 aromatic rings. The minimum Gasteiger partial charge on any atom is -0.238 e. The van der Waals surface area contributed by atoms with Crippen LogP contribution in [0.3, 0.4) is 0 Å². The molecule has 3 nitrogen and oxygen atoms in total. The third-order valence-electron chi connectivity index (χ3n) is 1.34. The van der Waals surface area contributed by atoms with Crippen LogP contribution in [0, 0.1) is 0 Å². The van der Waals surface area contributed by atoms with Crippen molar-refractivity contribution >= 4 is 34.4 Å². The van der Waals surface area contributed by atoms with E-state index in [4.69, 9.17) is 0 Å². The second-order valence-electron chi connectivity index (χ2n) is 2.22. The van der Waals surface area contributed by atoms with Gasteiger partial charge in [0.2, 0.25) is 0 Å². The molecule has 0 saturated carbocycles. The van der Waals surface area contributed by atoms with Gasteiger partial charge in [0.05, 0.1) is 0 Å². The summed E-state index contributed by atoms with van der Waals surface area (Å²) in [4.78, 5) is 4.17. The maximum atomic E-state index is 4.17. The summed E-state index contributed by atoms with van der Waals surface area (Å²) in [6.45, 7) is 2.08. The standard InChI is InChI=1S/C7H7N3S3/c1-2-5-9-10-7(12-5)13-6-8-3-4-11-6/h3-4H,2H2,1H3. The molecule has 0 aliphatic heterocycles. The summed E-state index contributed by atoms with van der Waals surface area (Å²) in [6, 6.07) is 0. The van der Waals surface area contributed by atoms with Gasteiger partial charge in [-0.3, -0.25) is 0 Å². The number of aromatic nitrogens is 3. The van der Waals surface area contributed by atoms with Crippen molar-refractivity contribution in [3.05, 3.63) is 16.6 Å². The molecular weight excluding hydrogens is 222 g/mol. The van der Waals surface area contributed by atoms with Gasteiger partial charge in [0.25, 0.3) is 0 Å². The van der Waals surface area contributed by atoms with Crippen LogP contribution in [0.15, 0.2) is 20.3 Å². The molecule has 0 aromatic carbocycles. The lowest BCUT2D eigenvalue weighted by atomic mass is 10.5. The van der Waals surface area contributed by atoms with E-state index < -0.39 is 0 Å². The van der Waals surface area contributed by atoms with E-state index >= 15 is 0 Å². The van der Waals surface area contributed by atoms with Crippen molar-refractivity contribution in [1.29, 1.82) is 0 Å². The molecule has 2 aromatic heterocycles. The van der Waals surface area contributed by atoms with Crippen molar-refractivity contribution in [2.45, 2.75) is 22.0 Å². The van der Waals surface area contributed by atoms with Crippen molar-refractivity contribution in [3.8, 4) is 0 Å². The maximum absolute atomic E-state index is 4.17. The fourth-order valence-electron chi connectivity index (χ4n) is 0.758. The van der Waals surface area contributed by atoms with Crippen LogP contribution < -0.4 is 0 Å². The zero-order valence-corrected chi connectivity index (χ0v) is 9.38. The fraction of sp³-hybridized carbons (Fsp3) is 0.286. The molecule has 0 amide bonds. The number of hydrogen-bond acceptors (Lipinski definition) is 6. The smallest absolute Gasteiger partial charge is 0.181 e. The summed E-state index contributed by atoms with van der Waals surface area (Å²) < 4.78 is 2.01. The minimum atomic E-state index is 0.954. The number of aryl methyl sites for hydroxylation is 1. The highest BCUT2D eigenvalue weighted by Gasteiger charge is 2.05. The second-order valence-corrected chi connectivity index (χ2v) is 5.67. The first kappa shape index (κ1) is 9.11. The van der Waals surface area contributed by atoms with E-state index in [9.17, 15) is 0 Å². The summed E-state index contributed by atoms with van der Waals surface area (Å²) in [7, 11) is 0. The van der Waals surface area contributed by atoms with Crippen LogP contribution in [0.25, 0.3) is 0 Å². The van der Waals surface area contributed by atoms with Gasteiger partial charge in [-0.25, -0.2) is 4.98 Å². The lowest BCUT2D eigenvalue weighted by Gasteiger charge is -1.86. The largest absolute Gasteiger partial charge is 0.238 e. The average molecular weight is 229 g/mol. The van der Waals surface area contributed by atoms with Gasteiger partial charge in [-0.1, -0.05) is 18.3 Å². The highest BCUT2D eigenvalue weighted by atomic mass is 32.2. The van der Waals surface area contributed by atoms with Crippen molar-refractivity contribution in [1.82, 2.24) is 15.2 Å². The average Bonchev–Trinajstić information content (AvgIpc) is 2.76. The molecule has 68 valence electrons. The Morgan fingerprint density at radius 2 is 2.31 bits per heavy atom. The summed E-state index contributed by atoms with van der Waals surface area (Å²) in [6.07, 6.45) is 2.75. The molecule has 0 spiro atoms. The Bertz CT molecular complexity index is 368. The second kappa shape index (κ2) is 4.17. The zero-order valence-electron chi connectivity index (χ0n) is 6.93. The molecule has 0 radical (unpaired) electrons. The van der Waals surface area contributed by atoms with Crippen LogP contribution in [0.1, 0.15) is 11.9 Å². The van der Waals surface area contributed by atoms with E-state index in [1.54, 1.807) is 40.6 Å². The highest BCUT2D eigenvalue weighted by molar-refractivity contribution is 8.02. The molecule has 2 rings (SSSR count). The molecule has 0 aliphatic rings. The SMILES string of the molecule is CCc1nnc(Sc2nccs2)s1.